The van der Waals surface area contributed by atoms with Gasteiger partial charge >= 0.3 is 12.1 Å². The minimum absolute atomic E-state index is 0.206. The van der Waals surface area contributed by atoms with Gasteiger partial charge in [-0.3, -0.25) is 4.79 Å². The lowest BCUT2D eigenvalue weighted by atomic mass is 9.90. The van der Waals surface area contributed by atoms with Gasteiger partial charge in [0.2, 0.25) is 0 Å². The van der Waals surface area contributed by atoms with E-state index in [9.17, 15) is 23.1 Å². The summed E-state index contributed by atoms with van der Waals surface area (Å²) in [6.07, 6.45) is 2.75. The van der Waals surface area contributed by atoms with Crippen molar-refractivity contribution in [3.05, 3.63) is 35.9 Å². The van der Waals surface area contributed by atoms with E-state index in [2.05, 4.69) is 0 Å². The van der Waals surface area contributed by atoms with Crippen molar-refractivity contribution in [1.82, 2.24) is 5.32 Å². The van der Waals surface area contributed by atoms with Crippen molar-refractivity contribution in [3.63, 3.8) is 0 Å². The molecule has 0 spiro atoms. The largest absolute Gasteiger partial charge is 0.471 e. The zero-order valence-electron chi connectivity index (χ0n) is 14.1. The quantitative estimate of drug-likeness (QED) is 0.795. The van der Waals surface area contributed by atoms with Crippen LogP contribution in [0.5, 0.6) is 0 Å². The minimum atomic E-state index is -4.87. The summed E-state index contributed by atoms with van der Waals surface area (Å²) in [5.74, 6) is -1.95. The molecule has 2 rings (SSSR count). The van der Waals surface area contributed by atoms with E-state index in [0.717, 1.165) is 30.5 Å². The second kappa shape index (κ2) is 7.91. The fraction of sp³-hybridized carbons (Fsp3) is 0.500. The Kier molecular flexibility index (Phi) is 6.11. The molecule has 0 atom stereocenters. The predicted molar refractivity (Wildman–Crippen MR) is 91.0 cm³/mol. The summed E-state index contributed by atoms with van der Waals surface area (Å²) in [6, 6.07) is 7.38. The Bertz CT molecular complexity index is 623. The van der Waals surface area contributed by atoms with Crippen LogP contribution in [0.25, 0.3) is 6.08 Å². The summed E-state index contributed by atoms with van der Waals surface area (Å²) in [5.41, 5.74) is 0.761. The Morgan fingerprint density at radius 1 is 1.32 bits per heavy atom. The van der Waals surface area contributed by atoms with Crippen molar-refractivity contribution in [1.29, 1.82) is 0 Å². The molecule has 25 heavy (non-hydrogen) atoms. The van der Waals surface area contributed by atoms with Crippen LogP contribution in [0.2, 0.25) is 0 Å². The maximum Gasteiger partial charge on any atom is 0.471 e. The first kappa shape index (κ1) is 19.3. The van der Waals surface area contributed by atoms with Crippen LogP contribution in [-0.4, -0.2) is 36.5 Å². The Morgan fingerprint density at radius 3 is 2.64 bits per heavy atom. The molecule has 1 aliphatic carbocycles. The fourth-order valence-corrected chi connectivity index (χ4v) is 2.98. The maximum absolute atomic E-state index is 12.1. The van der Waals surface area contributed by atoms with Crippen molar-refractivity contribution >= 4 is 17.7 Å². The Balaban J connectivity index is 1.99. The van der Waals surface area contributed by atoms with E-state index in [4.69, 9.17) is 0 Å². The number of rotatable bonds is 5. The van der Waals surface area contributed by atoms with Gasteiger partial charge in [0.25, 0.3) is 0 Å². The van der Waals surface area contributed by atoms with Gasteiger partial charge in [0, 0.05) is 19.3 Å². The number of hydrogen-bond donors (Lipinski definition) is 2. The standard InChI is InChI=1S/C18H23F3N2O2/c1-23(17(25)10-3-2-4-11-17)15-9-5-7-14(13-15)8-6-12-22-16(24)18(19,20)21/h5-9,13,25H,2-4,10-12H2,1H3,(H,22,24). The normalized spacial score (nSPS) is 17.5. The summed E-state index contributed by atoms with van der Waals surface area (Å²) >= 11 is 0. The molecule has 7 heteroatoms. The van der Waals surface area contributed by atoms with Crippen LogP contribution in [-0.2, 0) is 4.79 Å². The third-order valence-corrected chi connectivity index (χ3v) is 4.48. The van der Waals surface area contributed by atoms with Crippen LogP contribution in [0, 0.1) is 0 Å². The highest BCUT2D eigenvalue weighted by molar-refractivity contribution is 5.81. The van der Waals surface area contributed by atoms with E-state index < -0.39 is 17.8 Å². The van der Waals surface area contributed by atoms with Crippen LogP contribution in [0.3, 0.4) is 0 Å². The van der Waals surface area contributed by atoms with Crippen LogP contribution < -0.4 is 10.2 Å². The summed E-state index contributed by atoms with van der Waals surface area (Å²) < 4.78 is 36.3. The highest BCUT2D eigenvalue weighted by atomic mass is 19.4. The highest BCUT2D eigenvalue weighted by Gasteiger charge is 2.38. The topological polar surface area (TPSA) is 52.6 Å². The average molecular weight is 356 g/mol. The molecule has 0 aromatic heterocycles. The lowest BCUT2D eigenvalue weighted by molar-refractivity contribution is -0.173. The minimum Gasteiger partial charge on any atom is -0.371 e. The number of carbonyl (C=O) groups excluding carboxylic acids is 1. The van der Waals surface area contributed by atoms with Crippen LogP contribution in [0.1, 0.15) is 37.7 Å². The molecule has 0 aliphatic heterocycles. The van der Waals surface area contributed by atoms with E-state index >= 15 is 0 Å². The van der Waals surface area contributed by atoms with Crippen LogP contribution in [0.4, 0.5) is 18.9 Å². The molecule has 1 aromatic carbocycles. The van der Waals surface area contributed by atoms with Gasteiger partial charge in [-0.1, -0.05) is 30.7 Å². The number of carbonyl (C=O) groups is 1. The summed E-state index contributed by atoms with van der Waals surface area (Å²) in [7, 11) is 1.84. The Labute approximate surface area is 145 Å². The van der Waals surface area contributed by atoms with E-state index in [-0.39, 0.29) is 6.54 Å². The van der Waals surface area contributed by atoms with Crippen molar-refractivity contribution in [2.45, 2.75) is 44.0 Å². The lowest BCUT2D eigenvalue weighted by Gasteiger charge is -2.41. The number of hydrogen-bond acceptors (Lipinski definition) is 3. The van der Waals surface area contributed by atoms with E-state index in [1.165, 1.54) is 6.08 Å². The maximum atomic E-state index is 12.1. The molecule has 0 bridgehead atoms. The smallest absolute Gasteiger partial charge is 0.371 e. The first-order valence-electron chi connectivity index (χ1n) is 8.30. The molecule has 0 radical (unpaired) electrons. The van der Waals surface area contributed by atoms with Crippen molar-refractivity contribution < 1.29 is 23.1 Å². The third kappa shape index (κ3) is 5.22. The van der Waals surface area contributed by atoms with Gasteiger partial charge in [0.05, 0.1) is 0 Å². The number of halogens is 3. The zero-order chi connectivity index (χ0) is 18.5. The van der Waals surface area contributed by atoms with Crippen molar-refractivity contribution in [3.8, 4) is 0 Å². The molecule has 1 amide bonds. The molecule has 1 fully saturated rings. The number of benzene rings is 1. The molecule has 1 aromatic rings. The van der Waals surface area contributed by atoms with Gasteiger partial charge in [-0.2, -0.15) is 13.2 Å². The fourth-order valence-electron chi connectivity index (χ4n) is 2.98. The molecule has 4 nitrogen and oxygen atoms in total. The Hall–Kier alpha value is -2.02. The van der Waals surface area contributed by atoms with Gasteiger partial charge in [-0.15, -0.1) is 0 Å². The molecular weight excluding hydrogens is 333 g/mol. The summed E-state index contributed by atoms with van der Waals surface area (Å²) in [5, 5.41) is 12.6. The molecule has 0 heterocycles. The molecule has 0 saturated heterocycles. The number of nitrogens with one attached hydrogen (secondary N) is 1. The lowest BCUT2D eigenvalue weighted by Crippen LogP contribution is -2.48. The second-order valence-corrected chi connectivity index (χ2v) is 6.31. The van der Waals surface area contributed by atoms with Crippen molar-refractivity contribution in [2.24, 2.45) is 0 Å². The zero-order valence-corrected chi connectivity index (χ0v) is 14.1. The monoisotopic (exact) mass is 356 g/mol. The van der Waals surface area contributed by atoms with Crippen molar-refractivity contribution in [2.75, 3.05) is 18.5 Å². The van der Waals surface area contributed by atoms with Gasteiger partial charge in [-0.25, -0.2) is 0 Å². The predicted octanol–water partition coefficient (Wildman–Crippen LogP) is 3.47. The molecule has 1 aliphatic rings. The first-order chi connectivity index (χ1) is 11.7. The van der Waals surface area contributed by atoms with Gasteiger partial charge in [0.15, 0.2) is 0 Å². The summed E-state index contributed by atoms with van der Waals surface area (Å²) in [4.78, 5) is 12.6. The van der Waals surface area contributed by atoms with Gasteiger partial charge in [-0.05, 0) is 43.4 Å². The first-order valence-corrected chi connectivity index (χ1v) is 8.30. The van der Waals surface area contributed by atoms with E-state index in [0.29, 0.717) is 12.8 Å². The van der Waals surface area contributed by atoms with Crippen LogP contribution >= 0.6 is 0 Å². The van der Waals surface area contributed by atoms with Crippen LogP contribution in [0.15, 0.2) is 30.3 Å². The number of anilines is 1. The highest BCUT2D eigenvalue weighted by Crippen LogP contribution is 2.33. The number of nitrogens with zero attached hydrogens (tertiary/aromatic N) is 1. The molecule has 2 N–H and O–H groups in total. The molecule has 0 unspecified atom stereocenters. The second-order valence-electron chi connectivity index (χ2n) is 6.31. The molecule has 1 saturated carbocycles. The SMILES string of the molecule is CN(c1cccc(C=CCNC(=O)C(F)(F)F)c1)C1(O)CCCCC1. The molecule has 138 valence electrons. The number of amides is 1. The Morgan fingerprint density at radius 2 is 2.00 bits per heavy atom. The number of alkyl halides is 3. The van der Waals surface area contributed by atoms with E-state index in [1.54, 1.807) is 11.4 Å². The van der Waals surface area contributed by atoms with Gasteiger partial charge in [0.1, 0.15) is 5.72 Å². The third-order valence-electron chi connectivity index (χ3n) is 4.48. The summed E-state index contributed by atoms with van der Waals surface area (Å²) in [6.45, 7) is -0.206. The molecular formula is C18H23F3N2O2. The van der Waals surface area contributed by atoms with E-state index in [1.807, 2.05) is 36.2 Å². The average Bonchev–Trinajstić information content (AvgIpc) is 2.58. The number of aliphatic hydroxyl groups is 1. The van der Waals surface area contributed by atoms with Gasteiger partial charge < -0.3 is 15.3 Å².